The third-order valence-corrected chi connectivity index (χ3v) is 3.51. The van der Waals surface area contributed by atoms with Crippen LogP contribution in [-0.4, -0.2) is 16.5 Å². The minimum absolute atomic E-state index is 0.292. The van der Waals surface area contributed by atoms with Gasteiger partial charge in [-0.05, 0) is 42.7 Å². The van der Waals surface area contributed by atoms with Gasteiger partial charge in [0, 0.05) is 11.9 Å². The summed E-state index contributed by atoms with van der Waals surface area (Å²) in [6.07, 6.45) is 0. The summed E-state index contributed by atoms with van der Waals surface area (Å²) in [7, 11) is 0. The van der Waals surface area contributed by atoms with E-state index in [-0.39, 0.29) is 0 Å². The summed E-state index contributed by atoms with van der Waals surface area (Å²) in [4.78, 5) is 8.63. The van der Waals surface area contributed by atoms with Crippen LogP contribution in [0.5, 0.6) is 0 Å². The van der Waals surface area contributed by atoms with Crippen molar-refractivity contribution >= 4 is 22.7 Å². The molecule has 0 atom stereocenters. The zero-order valence-electron chi connectivity index (χ0n) is 12.2. The third-order valence-electron chi connectivity index (χ3n) is 3.51. The van der Waals surface area contributed by atoms with Crippen molar-refractivity contribution < 1.29 is 0 Å². The largest absolute Gasteiger partial charge is 0.370 e. The highest BCUT2D eigenvalue weighted by Crippen LogP contribution is 2.29. The highest BCUT2D eigenvalue weighted by molar-refractivity contribution is 5.93. The Morgan fingerprint density at radius 2 is 1.90 bits per heavy atom. The maximum atomic E-state index is 5.81. The van der Waals surface area contributed by atoms with Crippen LogP contribution in [0.15, 0.2) is 42.5 Å². The molecule has 4 heteroatoms. The molecule has 3 N–H and O–H groups in total. The Labute approximate surface area is 124 Å². The predicted octanol–water partition coefficient (Wildman–Crippen LogP) is 3.62. The predicted molar refractivity (Wildman–Crippen MR) is 88.3 cm³/mol. The van der Waals surface area contributed by atoms with E-state index in [2.05, 4.69) is 52.5 Å². The van der Waals surface area contributed by atoms with Gasteiger partial charge in [-0.15, -0.1) is 0 Å². The second-order valence-electron chi connectivity index (χ2n) is 5.01. The van der Waals surface area contributed by atoms with Gasteiger partial charge in [-0.25, -0.2) is 4.98 Å². The molecular formula is C17H18N4. The van der Waals surface area contributed by atoms with Crippen molar-refractivity contribution in [1.29, 1.82) is 0 Å². The molecule has 1 heterocycles. The molecular weight excluding hydrogens is 260 g/mol. The van der Waals surface area contributed by atoms with E-state index in [9.17, 15) is 0 Å². The van der Waals surface area contributed by atoms with E-state index in [0.29, 0.717) is 5.95 Å². The van der Waals surface area contributed by atoms with E-state index in [1.807, 2.05) is 19.1 Å². The Morgan fingerprint density at radius 3 is 2.67 bits per heavy atom. The number of anilines is 2. The minimum atomic E-state index is 0.292. The number of aromatic nitrogens is 2. The van der Waals surface area contributed by atoms with Crippen molar-refractivity contribution in [3.63, 3.8) is 0 Å². The van der Waals surface area contributed by atoms with Gasteiger partial charge in [0.15, 0.2) is 0 Å². The van der Waals surface area contributed by atoms with Crippen LogP contribution in [0.25, 0.3) is 22.0 Å². The standard InChI is InChI=1S/C17H18N4/c1-3-19-16-14-9-8-12(10-15(14)20-17(18)21-16)13-7-5-4-6-11(13)2/h4-10H,3H2,1-2H3,(H3,18,19,20,21). The molecule has 0 radical (unpaired) electrons. The maximum Gasteiger partial charge on any atom is 0.222 e. The number of nitrogens with one attached hydrogen (secondary N) is 1. The zero-order valence-corrected chi connectivity index (χ0v) is 12.2. The van der Waals surface area contributed by atoms with Crippen LogP contribution in [0.2, 0.25) is 0 Å². The lowest BCUT2D eigenvalue weighted by atomic mass is 9.99. The molecule has 0 aliphatic heterocycles. The van der Waals surface area contributed by atoms with Gasteiger partial charge >= 0.3 is 0 Å². The van der Waals surface area contributed by atoms with Crippen molar-refractivity contribution in [3.8, 4) is 11.1 Å². The number of hydrogen-bond donors (Lipinski definition) is 2. The van der Waals surface area contributed by atoms with E-state index in [0.717, 1.165) is 28.8 Å². The Hall–Kier alpha value is -2.62. The molecule has 0 saturated heterocycles. The van der Waals surface area contributed by atoms with Gasteiger partial charge in [0.05, 0.1) is 5.52 Å². The molecule has 0 bridgehead atoms. The minimum Gasteiger partial charge on any atom is -0.370 e. The first-order valence-electron chi connectivity index (χ1n) is 7.06. The van der Waals surface area contributed by atoms with Crippen molar-refractivity contribution in [3.05, 3.63) is 48.0 Å². The van der Waals surface area contributed by atoms with Crippen LogP contribution < -0.4 is 11.1 Å². The first kappa shape index (κ1) is 13.4. The molecule has 0 fully saturated rings. The fraction of sp³-hybridized carbons (Fsp3) is 0.176. The normalized spacial score (nSPS) is 10.8. The molecule has 0 spiro atoms. The first-order valence-corrected chi connectivity index (χ1v) is 7.06. The molecule has 0 saturated carbocycles. The maximum absolute atomic E-state index is 5.81. The van der Waals surface area contributed by atoms with E-state index in [1.165, 1.54) is 11.1 Å². The van der Waals surface area contributed by atoms with Gasteiger partial charge in [0.1, 0.15) is 5.82 Å². The highest BCUT2D eigenvalue weighted by Gasteiger charge is 2.08. The Morgan fingerprint density at radius 1 is 1.10 bits per heavy atom. The fourth-order valence-electron chi connectivity index (χ4n) is 2.51. The molecule has 0 aliphatic carbocycles. The van der Waals surface area contributed by atoms with Crippen molar-refractivity contribution in [2.24, 2.45) is 0 Å². The Kier molecular flexibility index (Phi) is 3.44. The molecule has 0 amide bonds. The molecule has 2 aromatic carbocycles. The van der Waals surface area contributed by atoms with Gasteiger partial charge in [-0.3, -0.25) is 0 Å². The number of rotatable bonds is 3. The van der Waals surface area contributed by atoms with Crippen LogP contribution >= 0.6 is 0 Å². The number of benzene rings is 2. The van der Waals surface area contributed by atoms with Crippen LogP contribution in [0.3, 0.4) is 0 Å². The van der Waals surface area contributed by atoms with Gasteiger partial charge in [-0.2, -0.15) is 4.98 Å². The summed E-state index contributed by atoms with van der Waals surface area (Å²) in [6.45, 7) is 4.94. The summed E-state index contributed by atoms with van der Waals surface area (Å²) in [5.74, 6) is 1.08. The second kappa shape index (κ2) is 5.40. The monoisotopic (exact) mass is 278 g/mol. The number of nitrogens with two attached hydrogens (primary N) is 1. The number of aryl methyl sites for hydroxylation is 1. The number of hydrogen-bond acceptors (Lipinski definition) is 4. The van der Waals surface area contributed by atoms with E-state index < -0.39 is 0 Å². The average molecular weight is 278 g/mol. The average Bonchev–Trinajstić information content (AvgIpc) is 2.47. The summed E-state index contributed by atoms with van der Waals surface area (Å²) < 4.78 is 0. The highest BCUT2D eigenvalue weighted by atomic mass is 15.1. The Balaban J connectivity index is 2.19. The first-order chi connectivity index (χ1) is 10.2. The third kappa shape index (κ3) is 2.52. The summed E-state index contributed by atoms with van der Waals surface area (Å²) in [5, 5.41) is 4.22. The quantitative estimate of drug-likeness (QED) is 0.768. The lowest BCUT2D eigenvalue weighted by Gasteiger charge is -2.10. The molecule has 4 nitrogen and oxygen atoms in total. The molecule has 3 aromatic rings. The molecule has 106 valence electrons. The number of fused-ring (bicyclic) bond motifs is 1. The van der Waals surface area contributed by atoms with Crippen LogP contribution in [-0.2, 0) is 0 Å². The molecule has 3 rings (SSSR count). The molecule has 0 unspecified atom stereocenters. The van der Waals surface area contributed by atoms with Gasteiger partial charge in [0.2, 0.25) is 5.95 Å². The van der Waals surface area contributed by atoms with Gasteiger partial charge < -0.3 is 11.1 Å². The molecule has 21 heavy (non-hydrogen) atoms. The zero-order chi connectivity index (χ0) is 14.8. The number of nitrogen functional groups attached to an aromatic ring is 1. The van der Waals surface area contributed by atoms with Crippen molar-refractivity contribution in [1.82, 2.24) is 9.97 Å². The van der Waals surface area contributed by atoms with E-state index in [4.69, 9.17) is 5.73 Å². The topological polar surface area (TPSA) is 63.8 Å². The Bertz CT molecular complexity index is 796. The van der Waals surface area contributed by atoms with Crippen molar-refractivity contribution in [2.45, 2.75) is 13.8 Å². The van der Waals surface area contributed by atoms with Crippen LogP contribution in [0, 0.1) is 6.92 Å². The fourth-order valence-corrected chi connectivity index (χ4v) is 2.51. The van der Waals surface area contributed by atoms with Crippen molar-refractivity contribution in [2.75, 3.05) is 17.6 Å². The SMILES string of the molecule is CCNc1nc(N)nc2cc(-c3ccccc3C)ccc12. The second-order valence-corrected chi connectivity index (χ2v) is 5.01. The van der Waals surface area contributed by atoms with E-state index >= 15 is 0 Å². The van der Waals surface area contributed by atoms with Crippen LogP contribution in [0.1, 0.15) is 12.5 Å². The van der Waals surface area contributed by atoms with Gasteiger partial charge in [0.25, 0.3) is 0 Å². The summed E-state index contributed by atoms with van der Waals surface area (Å²) in [5.41, 5.74) is 10.3. The summed E-state index contributed by atoms with van der Waals surface area (Å²) in [6, 6.07) is 14.5. The molecule has 1 aromatic heterocycles. The van der Waals surface area contributed by atoms with Crippen LogP contribution in [0.4, 0.5) is 11.8 Å². The van der Waals surface area contributed by atoms with Gasteiger partial charge in [-0.1, -0.05) is 30.3 Å². The smallest absolute Gasteiger partial charge is 0.222 e. The molecule has 0 aliphatic rings. The van der Waals surface area contributed by atoms with E-state index in [1.54, 1.807) is 0 Å². The summed E-state index contributed by atoms with van der Waals surface area (Å²) >= 11 is 0. The number of nitrogens with zero attached hydrogens (tertiary/aromatic N) is 2. The lowest BCUT2D eigenvalue weighted by Crippen LogP contribution is -2.04. The lowest BCUT2D eigenvalue weighted by molar-refractivity contribution is 1.15.